The highest BCUT2D eigenvalue weighted by molar-refractivity contribution is 5.77. The van der Waals surface area contributed by atoms with Crippen LogP contribution < -0.4 is 9.47 Å². The molecule has 0 aliphatic carbocycles. The lowest BCUT2D eigenvalue weighted by Gasteiger charge is -2.16. The van der Waals surface area contributed by atoms with Crippen LogP contribution in [0.5, 0.6) is 11.5 Å². The summed E-state index contributed by atoms with van der Waals surface area (Å²) in [5.41, 5.74) is 2.33. The van der Waals surface area contributed by atoms with Gasteiger partial charge in [0.05, 0.1) is 23.1 Å². The molecular weight excluding hydrogens is 334 g/mol. The summed E-state index contributed by atoms with van der Waals surface area (Å²) in [6.07, 6.45) is 2.18. The summed E-state index contributed by atoms with van der Waals surface area (Å²) in [7, 11) is 1.59. The van der Waals surface area contributed by atoms with Crippen molar-refractivity contribution in [2.45, 2.75) is 19.4 Å². The van der Waals surface area contributed by atoms with E-state index < -0.39 is 4.92 Å². The molecule has 134 valence electrons. The molecule has 0 bridgehead atoms. The second-order valence-electron chi connectivity index (χ2n) is 5.82. The first-order valence-corrected chi connectivity index (χ1v) is 8.10. The number of fused-ring (bicyclic) bond motifs is 1. The summed E-state index contributed by atoms with van der Waals surface area (Å²) >= 11 is 0. The molecule has 3 rings (SSSR count). The van der Waals surface area contributed by atoms with E-state index >= 15 is 0 Å². The zero-order valence-electron chi connectivity index (χ0n) is 14.6. The lowest BCUT2D eigenvalue weighted by Crippen LogP contribution is -2.06. The van der Waals surface area contributed by atoms with Crippen LogP contribution in [0.25, 0.3) is 11.0 Å². The van der Waals surface area contributed by atoms with Crippen LogP contribution in [0.15, 0.2) is 49.1 Å². The molecule has 0 spiro atoms. The number of aromatic amines is 1. The summed E-state index contributed by atoms with van der Waals surface area (Å²) in [5.74, 6) is 1.81. The number of aromatic nitrogens is 2. The Kier molecular flexibility index (Phi) is 4.88. The second kappa shape index (κ2) is 7.26. The first-order valence-electron chi connectivity index (χ1n) is 8.10. The van der Waals surface area contributed by atoms with Crippen molar-refractivity contribution in [2.24, 2.45) is 0 Å². The Bertz CT molecular complexity index is 965. The molecule has 7 nitrogen and oxygen atoms in total. The maximum Gasteiger partial charge on any atom is 0.271 e. The Labute approximate surface area is 150 Å². The van der Waals surface area contributed by atoms with Crippen molar-refractivity contribution >= 4 is 16.7 Å². The van der Waals surface area contributed by atoms with Crippen molar-refractivity contribution in [3.63, 3.8) is 0 Å². The van der Waals surface area contributed by atoms with Gasteiger partial charge in [0.15, 0.2) is 17.6 Å². The van der Waals surface area contributed by atoms with E-state index in [1.165, 1.54) is 12.1 Å². The molecule has 1 heterocycles. The maximum absolute atomic E-state index is 10.9. The molecule has 1 atom stereocenters. The summed E-state index contributed by atoms with van der Waals surface area (Å²) in [5, 5.41) is 10.9. The van der Waals surface area contributed by atoms with E-state index in [-0.39, 0.29) is 11.8 Å². The number of ether oxygens (including phenoxy) is 2. The maximum atomic E-state index is 10.9. The van der Waals surface area contributed by atoms with Crippen LogP contribution in [0.2, 0.25) is 0 Å². The smallest absolute Gasteiger partial charge is 0.271 e. The highest BCUT2D eigenvalue weighted by atomic mass is 16.6. The first-order chi connectivity index (χ1) is 12.5. The fraction of sp³-hybridized carbons (Fsp3) is 0.211. The van der Waals surface area contributed by atoms with E-state index in [9.17, 15) is 10.1 Å². The molecule has 3 aromatic rings. The molecule has 0 amide bonds. The van der Waals surface area contributed by atoms with Gasteiger partial charge in [0.1, 0.15) is 5.82 Å². The van der Waals surface area contributed by atoms with Gasteiger partial charge in [-0.2, -0.15) is 0 Å². The van der Waals surface area contributed by atoms with Crippen LogP contribution in [0.4, 0.5) is 5.69 Å². The number of hydrogen-bond acceptors (Lipinski definition) is 5. The Morgan fingerprint density at radius 1 is 1.31 bits per heavy atom. The Morgan fingerprint density at radius 3 is 2.81 bits per heavy atom. The molecule has 0 radical (unpaired) electrons. The molecule has 7 heteroatoms. The molecule has 0 fully saturated rings. The largest absolute Gasteiger partial charge is 0.493 e. The third-order valence-electron chi connectivity index (χ3n) is 3.99. The van der Waals surface area contributed by atoms with Gasteiger partial charge in [0.25, 0.3) is 5.69 Å². The van der Waals surface area contributed by atoms with Crippen molar-refractivity contribution in [3.8, 4) is 11.5 Å². The molecule has 0 aliphatic heterocycles. The molecule has 2 aromatic carbocycles. The fourth-order valence-electron chi connectivity index (χ4n) is 2.67. The zero-order valence-corrected chi connectivity index (χ0v) is 14.6. The highest BCUT2D eigenvalue weighted by Crippen LogP contribution is 2.32. The van der Waals surface area contributed by atoms with Crippen LogP contribution >= 0.6 is 0 Å². The van der Waals surface area contributed by atoms with Crippen LogP contribution in [0.1, 0.15) is 24.4 Å². The normalized spacial score (nSPS) is 11.9. The number of nitro benzene ring substituents is 1. The first kappa shape index (κ1) is 17.5. The zero-order chi connectivity index (χ0) is 18.7. The van der Waals surface area contributed by atoms with Gasteiger partial charge < -0.3 is 14.5 Å². The van der Waals surface area contributed by atoms with Crippen molar-refractivity contribution in [1.82, 2.24) is 9.97 Å². The average Bonchev–Trinajstić information content (AvgIpc) is 3.06. The minimum atomic E-state index is -0.435. The third kappa shape index (κ3) is 3.51. The van der Waals surface area contributed by atoms with Gasteiger partial charge in [-0.3, -0.25) is 10.1 Å². The van der Waals surface area contributed by atoms with Gasteiger partial charge in [-0.05, 0) is 37.1 Å². The Balaban J connectivity index is 1.85. The number of non-ortho nitro benzene ring substituents is 1. The lowest BCUT2D eigenvalue weighted by molar-refractivity contribution is -0.384. The average molecular weight is 353 g/mol. The monoisotopic (exact) mass is 353 g/mol. The van der Waals surface area contributed by atoms with Crippen LogP contribution in [-0.2, 0) is 6.42 Å². The van der Waals surface area contributed by atoms with Gasteiger partial charge in [-0.1, -0.05) is 12.1 Å². The number of allylic oxidation sites excluding steroid dienone is 1. The molecule has 0 saturated heterocycles. The minimum absolute atomic E-state index is 0.0146. The van der Waals surface area contributed by atoms with E-state index in [1.807, 2.05) is 31.2 Å². The van der Waals surface area contributed by atoms with Crippen molar-refractivity contribution in [1.29, 1.82) is 0 Å². The van der Waals surface area contributed by atoms with Crippen molar-refractivity contribution in [2.75, 3.05) is 7.11 Å². The summed E-state index contributed by atoms with van der Waals surface area (Å²) in [6.45, 7) is 5.58. The van der Waals surface area contributed by atoms with Gasteiger partial charge in [0.2, 0.25) is 0 Å². The standard InChI is InChI=1S/C19H19N3O4/c1-4-5-13-6-9-17(18(10-13)25-3)26-12(2)19-20-15-8-7-14(22(23)24)11-16(15)21-19/h4,6-12H,1,5H2,2-3H3,(H,20,21)/t12-/m0/s1. The quantitative estimate of drug-likeness (QED) is 0.387. The van der Waals surface area contributed by atoms with E-state index in [0.717, 1.165) is 12.0 Å². The van der Waals surface area contributed by atoms with Gasteiger partial charge in [-0.25, -0.2) is 4.98 Å². The molecule has 0 unspecified atom stereocenters. The second-order valence-corrected chi connectivity index (χ2v) is 5.82. The number of nitro groups is 1. The Hall–Kier alpha value is -3.35. The number of benzene rings is 2. The van der Waals surface area contributed by atoms with Crippen molar-refractivity contribution < 1.29 is 14.4 Å². The number of rotatable bonds is 7. The molecule has 0 saturated carbocycles. The van der Waals surface area contributed by atoms with Gasteiger partial charge in [0, 0.05) is 12.1 Å². The minimum Gasteiger partial charge on any atom is -0.493 e. The third-order valence-corrected chi connectivity index (χ3v) is 3.99. The van der Waals surface area contributed by atoms with Crippen LogP contribution in [0.3, 0.4) is 0 Å². The number of H-pyrrole nitrogens is 1. The van der Waals surface area contributed by atoms with E-state index in [0.29, 0.717) is 28.4 Å². The Morgan fingerprint density at radius 2 is 2.12 bits per heavy atom. The molecular formula is C19H19N3O4. The highest BCUT2D eigenvalue weighted by Gasteiger charge is 2.17. The number of methoxy groups -OCH3 is 1. The number of nitrogens with zero attached hydrogens (tertiary/aromatic N) is 2. The lowest BCUT2D eigenvalue weighted by atomic mass is 10.1. The van der Waals surface area contributed by atoms with Gasteiger partial charge >= 0.3 is 0 Å². The predicted molar refractivity (Wildman–Crippen MR) is 98.7 cm³/mol. The molecule has 0 aliphatic rings. The topological polar surface area (TPSA) is 90.3 Å². The number of hydrogen-bond donors (Lipinski definition) is 1. The molecule has 1 N–H and O–H groups in total. The van der Waals surface area contributed by atoms with E-state index in [4.69, 9.17) is 9.47 Å². The molecule has 1 aromatic heterocycles. The summed E-state index contributed by atoms with van der Waals surface area (Å²) < 4.78 is 11.4. The van der Waals surface area contributed by atoms with E-state index in [2.05, 4.69) is 16.5 Å². The predicted octanol–water partition coefficient (Wildman–Crippen LogP) is 4.35. The molecule has 26 heavy (non-hydrogen) atoms. The number of nitrogens with one attached hydrogen (secondary N) is 1. The van der Waals surface area contributed by atoms with Gasteiger partial charge in [-0.15, -0.1) is 6.58 Å². The fourth-order valence-corrected chi connectivity index (χ4v) is 2.67. The van der Waals surface area contributed by atoms with E-state index in [1.54, 1.807) is 13.2 Å². The summed E-state index contributed by atoms with van der Waals surface area (Å²) in [6, 6.07) is 10.2. The van der Waals surface area contributed by atoms with Crippen molar-refractivity contribution in [3.05, 3.63) is 70.6 Å². The SMILES string of the molecule is C=CCc1ccc(O[C@@H](C)c2nc3ccc([N+](=O)[O-])cc3[nH]2)c(OC)c1. The summed E-state index contributed by atoms with van der Waals surface area (Å²) in [4.78, 5) is 18.0. The number of imidazole rings is 1. The van der Waals surface area contributed by atoms with Crippen LogP contribution in [0, 0.1) is 10.1 Å². The van der Waals surface area contributed by atoms with Crippen LogP contribution in [-0.4, -0.2) is 22.0 Å².